The molecule has 2 aromatic carbocycles. The first kappa shape index (κ1) is 17.5. The van der Waals surface area contributed by atoms with Crippen molar-refractivity contribution in [3.05, 3.63) is 48.0 Å². The van der Waals surface area contributed by atoms with Gasteiger partial charge in [0.25, 0.3) is 0 Å². The number of benzene rings is 2. The van der Waals surface area contributed by atoms with E-state index in [0.717, 1.165) is 5.56 Å². The summed E-state index contributed by atoms with van der Waals surface area (Å²) in [5, 5.41) is 10.1. The molecule has 0 fully saturated rings. The molecule has 0 radical (unpaired) electrons. The molecule has 26 heavy (non-hydrogen) atoms. The second-order valence-electron chi connectivity index (χ2n) is 5.52. The number of pyridine rings is 1. The minimum Gasteiger partial charge on any atom is -0.494 e. The number of hydrogen-bond donors (Lipinski definition) is 1. The van der Waals surface area contributed by atoms with Crippen LogP contribution in [-0.2, 0) is 0 Å². The van der Waals surface area contributed by atoms with Crippen molar-refractivity contribution in [3.8, 4) is 28.5 Å². The highest BCUT2D eigenvalue weighted by Crippen LogP contribution is 2.35. The predicted molar refractivity (Wildman–Crippen MR) is 98.4 cm³/mol. The first-order valence-corrected chi connectivity index (χ1v) is 8.11. The molecule has 1 heterocycles. The molecule has 3 aromatic rings. The number of rotatable bonds is 6. The fraction of sp³-hybridized carbons (Fsp3) is 0.200. The quantitative estimate of drug-likeness (QED) is 0.721. The molecule has 6 nitrogen and oxygen atoms in total. The van der Waals surface area contributed by atoms with Gasteiger partial charge in [0.2, 0.25) is 0 Å². The summed E-state index contributed by atoms with van der Waals surface area (Å²) in [6.45, 7) is 2.41. The molecule has 3 rings (SSSR count). The molecule has 0 atom stereocenters. The van der Waals surface area contributed by atoms with Gasteiger partial charge in [-0.1, -0.05) is 12.1 Å². The van der Waals surface area contributed by atoms with E-state index in [2.05, 4.69) is 4.98 Å². The number of ether oxygens (including phenoxy) is 3. The fourth-order valence-electron chi connectivity index (χ4n) is 2.81. The van der Waals surface area contributed by atoms with E-state index < -0.39 is 5.97 Å². The lowest BCUT2D eigenvalue weighted by Crippen LogP contribution is -2.02. The zero-order chi connectivity index (χ0) is 18.7. The molecule has 0 amide bonds. The zero-order valence-electron chi connectivity index (χ0n) is 14.8. The molecule has 0 bridgehead atoms. The van der Waals surface area contributed by atoms with Crippen LogP contribution < -0.4 is 14.2 Å². The molecule has 134 valence electrons. The minimum absolute atomic E-state index is 0.164. The van der Waals surface area contributed by atoms with Crippen LogP contribution in [0.25, 0.3) is 22.2 Å². The first-order chi connectivity index (χ1) is 12.6. The van der Waals surface area contributed by atoms with Crippen molar-refractivity contribution >= 4 is 16.9 Å². The molecule has 0 aliphatic carbocycles. The van der Waals surface area contributed by atoms with Gasteiger partial charge in [0.15, 0.2) is 11.5 Å². The second-order valence-corrected chi connectivity index (χ2v) is 5.52. The standard InChI is InChI=1S/C20H19NO5/c1-4-26-16-9-8-12(10-18(16)25-3)15-11-14(20(22)23)13-6-5-7-17(24-2)19(13)21-15/h5-11H,4H2,1-3H3,(H,22,23). The minimum atomic E-state index is -1.02. The highest BCUT2D eigenvalue weighted by atomic mass is 16.5. The van der Waals surface area contributed by atoms with Gasteiger partial charge in [-0.3, -0.25) is 0 Å². The monoisotopic (exact) mass is 353 g/mol. The van der Waals surface area contributed by atoms with Crippen LogP contribution in [0.4, 0.5) is 0 Å². The molecule has 6 heteroatoms. The number of para-hydroxylation sites is 1. The summed E-state index contributed by atoms with van der Waals surface area (Å²) >= 11 is 0. The Morgan fingerprint density at radius 1 is 1.04 bits per heavy atom. The summed E-state index contributed by atoms with van der Waals surface area (Å²) in [4.78, 5) is 16.4. The first-order valence-electron chi connectivity index (χ1n) is 8.11. The van der Waals surface area contributed by atoms with Crippen LogP contribution in [0, 0.1) is 0 Å². The maximum atomic E-state index is 11.7. The Balaban J connectivity index is 2.23. The van der Waals surface area contributed by atoms with E-state index in [0.29, 0.717) is 40.5 Å². The molecule has 0 aliphatic rings. The number of fused-ring (bicyclic) bond motifs is 1. The average Bonchev–Trinajstić information content (AvgIpc) is 2.67. The number of carboxylic acid groups (broad SMARTS) is 1. The Hall–Kier alpha value is -3.28. The van der Waals surface area contributed by atoms with E-state index in [1.54, 1.807) is 43.5 Å². The third kappa shape index (κ3) is 3.13. The number of methoxy groups -OCH3 is 2. The van der Waals surface area contributed by atoms with Crippen molar-refractivity contribution in [2.24, 2.45) is 0 Å². The van der Waals surface area contributed by atoms with Crippen molar-refractivity contribution in [2.45, 2.75) is 6.92 Å². The summed E-state index contributed by atoms with van der Waals surface area (Å²) in [6.07, 6.45) is 0. The zero-order valence-corrected chi connectivity index (χ0v) is 14.8. The van der Waals surface area contributed by atoms with Crippen LogP contribution in [0.2, 0.25) is 0 Å². The van der Waals surface area contributed by atoms with Gasteiger partial charge in [-0.25, -0.2) is 9.78 Å². The third-order valence-electron chi connectivity index (χ3n) is 4.01. The second kappa shape index (κ2) is 7.31. The molecular formula is C20H19NO5. The van der Waals surface area contributed by atoms with Crippen LogP contribution in [0.15, 0.2) is 42.5 Å². The van der Waals surface area contributed by atoms with Gasteiger partial charge in [0.05, 0.1) is 32.1 Å². The van der Waals surface area contributed by atoms with Crippen molar-refractivity contribution in [3.63, 3.8) is 0 Å². The lowest BCUT2D eigenvalue weighted by atomic mass is 10.0. The molecule has 1 aromatic heterocycles. The van der Waals surface area contributed by atoms with E-state index in [1.165, 1.54) is 7.11 Å². The number of carbonyl (C=O) groups is 1. The van der Waals surface area contributed by atoms with Crippen molar-refractivity contribution in [1.29, 1.82) is 0 Å². The van der Waals surface area contributed by atoms with Gasteiger partial charge in [-0.15, -0.1) is 0 Å². The highest BCUT2D eigenvalue weighted by molar-refractivity contribution is 6.05. The Labute approximate surface area is 151 Å². The van der Waals surface area contributed by atoms with Crippen LogP contribution >= 0.6 is 0 Å². The Morgan fingerprint density at radius 2 is 1.81 bits per heavy atom. The SMILES string of the molecule is CCOc1ccc(-c2cc(C(=O)O)c3cccc(OC)c3n2)cc1OC. The number of carboxylic acids is 1. The van der Waals surface area contributed by atoms with Gasteiger partial charge in [0.1, 0.15) is 11.3 Å². The van der Waals surface area contributed by atoms with Crippen molar-refractivity contribution in [2.75, 3.05) is 20.8 Å². The summed E-state index contributed by atoms with van der Waals surface area (Å²) in [6, 6.07) is 12.2. The summed E-state index contributed by atoms with van der Waals surface area (Å²) in [5.74, 6) is 0.674. The van der Waals surface area contributed by atoms with Crippen LogP contribution in [0.1, 0.15) is 17.3 Å². The van der Waals surface area contributed by atoms with E-state index in [-0.39, 0.29) is 5.56 Å². The Kier molecular flexibility index (Phi) is 4.93. The fourth-order valence-corrected chi connectivity index (χ4v) is 2.81. The van der Waals surface area contributed by atoms with Crippen LogP contribution in [0.5, 0.6) is 17.2 Å². The molecular weight excluding hydrogens is 334 g/mol. The van der Waals surface area contributed by atoms with E-state index >= 15 is 0 Å². The van der Waals surface area contributed by atoms with Crippen molar-refractivity contribution < 1.29 is 24.1 Å². The molecule has 0 unspecified atom stereocenters. The van der Waals surface area contributed by atoms with Crippen LogP contribution in [0.3, 0.4) is 0 Å². The molecule has 0 aliphatic heterocycles. The molecule has 1 N–H and O–H groups in total. The third-order valence-corrected chi connectivity index (χ3v) is 4.01. The van der Waals surface area contributed by atoms with Crippen LogP contribution in [-0.4, -0.2) is 36.9 Å². The lowest BCUT2D eigenvalue weighted by molar-refractivity contribution is 0.0699. The smallest absolute Gasteiger partial charge is 0.336 e. The van der Waals surface area contributed by atoms with Gasteiger partial charge in [-0.05, 0) is 37.3 Å². The van der Waals surface area contributed by atoms with E-state index in [4.69, 9.17) is 14.2 Å². The maximum Gasteiger partial charge on any atom is 0.336 e. The Bertz CT molecular complexity index is 968. The number of nitrogens with zero attached hydrogens (tertiary/aromatic N) is 1. The largest absolute Gasteiger partial charge is 0.494 e. The number of hydrogen-bond acceptors (Lipinski definition) is 5. The molecule has 0 spiro atoms. The number of aromatic carboxylic acids is 1. The van der Waals surface area contributed by atoms with Gasteiger partial charge >= 0.3 is 5.97 Å². The number of aromatic nitrogens is 1. The van der Waals surface area contributed by atoms with Gasteiger partial charge in [0, 0.05) is 10.9 Å². The Morgan fingerprint density at radius 3 is 2.46 bits per heavy atom. The summed E-state index contributed by atoms with van der Waals surface area (Å²) in [5.41, 5.74) is 1.90. The predicted octanol–water partition coefficient (Wildman–Crippen LogP) is 4.02. The highest BCUT2D eigenvalue weighted by Gasteiger charge is 2.16. The van der Waals surface area contributed by atoms with Gasteiger partial charge < -0.3 is 19.3 Å². The van der Waals surface area contributed by atoms with E-state index in [9.17, 15) is 9.90 Å². The van der Waals surface area contributed by atoms with Gasteiger partial charge in [-0.2, -0.15) is 0 Å². The summed E-state index contributed by atoms with van der Waals surface area (Å²) in [7, 11) is 3.09. The molecule has 0 saturated carbocycles. The topological polar surface area (TPSA) is 77.9 Å². The maximum absolute atomic E-state index is 11.7. The summed E-state index contributed by atoms with van der Waals surface area (Å²) < 4.78 is 16.3. The normalized spacial score (nSPS) is 10.6. The van der Waals surface area contributed by atoms with Crippen molar-refractivity contribution in [1.82, 2.24) is 4.98 Å². The van der Waals surface area contributed by atoms with E-state index in [1.807, 2.05) is 13.0 Å². The average molecular weight is 353 g/mol. The lowest BCUT2D eigenvalue weighted by Gasteiger charge is -2.13. The molecule has 0 saturated heterocycles.